The molecule has 4 saturated carbocycles. The van der Waals surface area contributed by atoms with Gasteiger partial charge in [-0.05, 0) is 88.0 Å². The number of nitrogens with zero attached hydrogens (tertiary/aromatic N) is 3. The molecule has 2 aromatic heterocycles. The van der Waals surface area contributed by atoms with Gasteiger partial charge in [0.15, 0.2) is 11.3 Å². The molecule has 4 fully saturated rings. The standard InChI is InChI=1S/C28H30F3N3O2/c1-16-3-5-21(6-4-16)23-10-24(28(29,30)31)34-25(33-23)22(15-32-34)26(35)36-17(2)11-27-12-18-7-19(13-27)9-20(8-18)14-27/h3-6,10,15,17-20H,7-9,11-14H2,1-2H3/t17-,18?,19?,20?,27?/m0/s1. The quantitative estimate of drug-likeness (QED) is 0.361. The Morgan fingerprint density at radius 2 is 1.72 bits per heavy atom. The van der Waals surface area contributed by atoms with Gasteiger partial charge in [0, 0.05) is 5.56 Å². The molecule has 4 aliphatic rings. The van der Waals surface area contributed by atoms with Crippen molar-refractivity contribution in [2.24, 2.45) is 23.2 Å². The molecular formula is C28H30F3N3O2. The molecule has 0 spiro atoms. The Morgan fingerprint density at radius 1 is 1.11 bits per heavy atom. The Balaban J connectivity index is 1.28. The predicted octanol–water partition coefficient (Wildman–Crippen LogP) is 6.88. The third-order valence-electron chi connectivity index (χ3n) is 8.52. The van der Waals surface area contributed by atoms with E-state index in [2.05, 4.69) is 10.1 Å². The van der Waals surface area contributed by atoms with Crippen molar-refractivity contribution in [1.29, 1.82) is 0 Å². The minimum absolute atomic E-state index is 0.0492. The zero-order chi connectivity index (χ0) is 25.2. The van der Waals surface area contributed by atoms with E-state index in [1.165, 1.54) is 38.5 Å². The molecule has 4 bridgehead atoms. The second-order valence-electron chi connectivity index (χ2n) is 11.5. The number of benzene rings is 1. The Bertz CT molecular complexity index is 1280. The number of aromatic nitrogens is 3. The highest BCUT2D eigenvalue weighted by molar-refractivity contribution is 5.96. The lowest BCUT2D eigenvalue weighted by Gasteiger charge is -2.57. The summed E-state index contributed by atoms with van der Waals surface area (Å²) in [6.45, 7) is 3.80. The summed E-state index contributed by atoms with van der Waals surface area (Å²) in [7, 11) is 0. The molecule has 1 atom stereocenters. The van der Waals surface area contributed by atoms with Gasteiger partial charge in [0.25, 0.3) is 0 Å². The Morgan fingerprint density at radius 3 is 2.31 bits per heavy atom. The zero-order valence-electron chi connectivity index (χ0n) is 20.5. The number of alkyl halides is 3. The zero-order valence-corrected chi connectivity index (χ0v) is 20.5. The number of rotatable bonds is 5. The van der Waals surface area contributed by atoms with Crippen LogP contribution in [-0.2, 0) is 10.9 Å². The minimum atomic E-state index is -4.67. The summed E-state index contributed by atoms with van der Waals surface area (Å²) in [5, 5.41) is 3.88. The summed E-state index contributed by atoms with van der Waals surface area (Å²) >= 11 is 0. The van der Waals surface area contributed by atoms with E-state index in [1.807, 2.05) is 26.0 Å². The van der Waals surface area contributed by atoms with Crippen LogP contribution in [0.15, 0.2) is 36.5 Å². The molecular weight excluding hydrogens is 467 g/mol. The van der Waals surface area contributed by atoms with Gasteiger partial charge in [0.2, 0.25) is 0 Å². The van der Waals surface area contributed by atoms with Crippen LogP contribution in [0.25, 0.3) is 16.9 Å². The lowest BCUT2D eigenvalue weighted by molar-refractivity contribution is -0.142. The first-order chi connectivity index (χ1) is 17.1. The molecule has 0 unspecified atom stereocenters. The van der Waals surface area contributed by atoms with Crippen molar-refractivity contribution in [1.82, 2.24) is 14.6 Å². The van der Waals surface area contributed by atoms with Gasteiger partial charge in [-0.15, -0.1) is 0 Å². The fraction of sp³-hybridized carbons (Fsp3) is 0.536. The molecule has 8 heteroatoms. The van der Waals surface area contributed by atoms with E-state index in [1.54, 1.807) is 12.1 Å². The summed E-state index contributed by atoms with van der Waals surface area (Å²) in [5.41, 5.74) is 0.700. The first-order valence-electron chi connectivity index (χ1n) is 12.8. The molecule has 2 heterocycles. The number of carbonyl (C=O) groups excluding carboxylic acids is 1. The maximum Gasteiger partial charge on any atom is 0.433 e. The second-order valence-corrected chi connectivity index (χ2v) is 11.5. The topological polar surface area (TPSA) is 56.5 Å². The number of aryl methyl sites for hydroxylation is 1. The number of hydrogen-bond acceptors (Lipinski definition) is 4. The van der Waals surface area contributed by atoms with Gasteiger partial charge < -0.3 is 4.74 Å². The molecule has 0 N–H and O–H groups in total. The van der Waals surface area contributed by atoms with Crippen LogP contribution in [0.4, 0.5) is 13.2 Å². The number of hydrogen-bond donors (Lipinski definition) is 0. The van der Waals surface area contributed by atoms with E-state index in [4.69, 9.17) is 4.74 Å². The van der Waals surface area contributed by atoms with E-state index in [0.29, 0.717) is 10.1 Å². The number of ether oxygens (including phenoxy) is 1. The molecule has 0 aliphatic heterocycles. The SMILES string of the molecule is Cc1ccc(-c2cc(C(F)(F)F)n3ncc(C(=O)O[C@@H](C)CC45CC6CC(CC(C6)C4)C5)c3n2)cc1. The average Bonchev–Trinajstić information content (AvgIpc) is 3.21. The Kier molecular flexibility index (Phi) is 5.43. The van der Waals surface area contributed by atoms with Gasteiger partial charge in [-0.2, -0.15) is 18.3 Å². The molecule has 7 rings (SSSR count). The van der Waals surface area contributed by atoms with Crippen molar-refractivity contribution in [2.75, 3.05) is 0 Å². The average molecular weight is 498 g/mol. The lowest BCUT2D eigenvalue weighted by Crippen LogP contribution is -2.47. The number of halogens is 3. The van der Waals surface area contributed by atoms with Gasteiger partial charge in [-0.1, -0.05) is 29.8 Å². The second kappa shape index (κ2) is 8.32. The molecule has 190 valence electrons. The summed E-state index contributed by atoms with van der Waals surface area (Å²) in [4.78, 5) is 17.6. The van der Waals surface area contributed by atoms with Crippen LogP contribution < -0.4 is 0 Å². The van der Waals surface area contributed by atoms with Crippen LogP contribution in [0.5, 0.6) is 0 Å². The maximum absolute atomic E-state index is 13.9. The van der Waals surface area contributed by atoms with Crippen molar-refractivity contribution in [3.8, 4) is 11.3 Å². The van der Waals surface area contributed by atoms with Crippen LogP contribution >= 0.6 is 0 Å². The number of carbonyl (C=O) groups is 1. The fourth-order valence-electron chi connectivity index (χ4n) is 7.62. The molecule has 1 aromatic carbocycles. The van der Waals surface area contributed by atoms with Crippen LogP contribution in [-0.4, -0.2) is 26.7 Å². The molecule has 3 aromatic rings. The molecule has 5 nitrogen and oxygen atoms in total. The van der Waals surface area contributed by atoms with Crippen molar-refractivity contribution < 1.29 is 22.7 Å². The van der Waals surface area contributed by atoms with Gasteiger partial charge in [-0.25, -0.2) is 14.3 Å². The largest absolute Gasteiger partial charge is 0.459 e. The summed E-state index contributed by atoms with van der Waals surface area (Å²) in [5.74, 6) is 1.71. The molecule has 0 radical (unpaired) electrons. The van der Waals surface area contributed by atoms with E-state index < -0.39 is 17.8 Å². The molecule has 0 saturated heterocycles. The van der Waals surface area contributed by atoms with Crippen LogP contribution in [0.1, 0.15) is 73.5 Å². The monoisotopic (exact) mass is 497 g/mol. The van der Waals surface area contributed by atoms with E-state index in [-0.39, 0.29) is 28.4 Å². The summed E-state index contributed by atoms with van der Waals surface area (Å²) in [6, 6.07) is 8.03. The summed E-state index contributed by atoms with van der Waals surface area (Å²) in [6.07, 6.45) is 4.57. The maximum atomic E-state index is 13.9. The highest BCUT2D eigenvalue weighted by Gasteiger charge is 2.51. The van der Waals surface area contributed by atoms with Crippen LogP contribution in [0, 0.1) is 30.1 Å². The van der Waals surface area contributed by atoms with Crippen molar-refractivity contribution in [3.05, 3.63) is 53.3 Å². The Hall–Kier alpha value is -2.90. The van der Waals surface area contributed by atoms with E-state index in [0.717, 1.165) is 42.0 Å². The highest BCUT2D eigenvalue weighted by Crippen LogP contribution is 2.61. The van der Waals surface area contributed by atoms with Gasteiger partial charge in [-0.3, -0.25) is 0 Å². The Labute approximate surface area is 208 Å². The normalized spacial score (nSPS) is 28.0. The molecule has 4 aliphatic carbocycles. The first kappa shape index (κ1) is 23.5. The fourth-order valence-corrected chi connectivity index (χ4v) is 7.62. The molecule has 36 heavy (non-hydrogen) atoms. The van der Waals surface area contributed by atoms with Crippen molar-refractivity contribution in [2.45, 2.75) is 71.1 Å². The van der Waals surface area contributed by atoms with Crippen molar-refractivity contribution >= 4 is 11.6 Å². The van der Waals surface area contributed by atoms with Gasteiger partial charge in [0.05, 0.1) is 18.0 Å². The third kappa shape index (κ3) is 4.18. The third-order valence-corrected chi connectivity index (χ3v) is 8.52. The van der Waals surface area contributed by atoms with Gasteiger partial charge in [0.1, 0.15) is 5.56 Å². The van der Waals surface area contributed by atoms with E-state index >= 15 is 0 Å². The number of fused-ring (bicyclic) bond motifs is 1. The smallest absolute Gasteiger partial charge is 0.433 e. The van der Waals surface area contributed by atoms with E-state index in [9.17, 15) is 18.0 Å². The van der Waals surface area contributed by atoms with Crippen LogP contribution in [0.2, 0.25) is 0 Å². The lowest BCUT2D eigenvalue weighted by atomic mass is 9.48. The molecule has 0 amide bonds. The highest BCUT2D eigenvalue weighted by atomic mass is 19.4. The minimum Gasteiger partial charge on any atom is -0.459 e. The van der Waals surface area contributed by atoms with Crippen molar-refractivity contribution in [3.63, 3.8) is 0 Å². The van der Waals surface area contributed by atoms with Gasteiger partial charge >= 0.3 is 12.1 Å². The number of esters is 1. The predicted molar refractivity (Wildman–Crippen MR) is 128 cm³/mol. The summed E-state index contributed by atoms with van der Waals surface area (Å²) < 4.78 is 48.2. The first-order valence-corrected chi connectivity index (χ1v) is 12.8. The van der Waals surface area contributed by atoms with Crippen LogP contribution in [0.3, 0.4) is 0 Å².